The van der Waals surface area contributed by atoms with Crippen molar-refractivity contribution < 1.29 is 29.1 Å². The lowest BCUT2D eigenvalue weighted by atomic mass is 10.1. The van der Waals surface area contributed by atoms with Crippen molar-refractivity contribution in [1.82, 2.24) is 21.3 Å². The number of amides is 4. The third-order valence-electron chi connectivity index (χ3n) is 4.22. The molecule has 15 heteroatoms. The SMILES string of the molecule is NCCCC[C@H](NC(=O)[C@H](CCCN=C(N)N)NC(=O)CN)C(=O)NCC(=O)NCC(=O)O. The van der Waals surface area contributed by atoms with Gasteiger partial charge in [-0.25, -0.2) is 0 Å². The van der Waals surface area contributed by atoms with Crippen LogP contribution in [0.3, 0.4) is 0 Å². The van der Waals surface area contributed by atoms with Gasteiger partial charge >= 0.3 is 5.97 Å². The van der Waals surface area contributed by atoms with Crippen molar-refractivity contribution in [2.75, 3.05) is 32.7 Å². The molecule has 0 heterocycles. The van der Waals surface area contributed by atoms with Gasteiger partial charge in [0, 0.05) is 6.54 Å². The molecule has 0 fully saturated rings. The molecule has 0 saturated heterocycles. The van der Waals surface area contributed by atoms with Crippen LogP contribution < -0.4 is 44.2 Å². The molecule has 0 saturated carbocycles. The smallest absolute Gasteiger partial charge is 0.322 e. The number of nitrogens with two attached hydrogens (primary N) is 4. The van der Waals surface area contributed by atoms with E-state index >= 15 is 0 Å². The average molecular weight is 474 g/mol. The van der Waals surface area contributed by atoms with E-state index in [-0.39, 0.29) is 31.9 Å². The zero-order valence-corrected chi connectivity index (χ0v) is 18.5. The van der Waals surface area contributed by atoms with Gasteiger partial charge in [0.15, 0.2) is 5.96 Å². The molecule has 33 heavy (non-hydrogen) atoms. The van der Waals surface area contributed by atoms with Gasteiger partial charge in [-0.2, -0.15) is 0 Å². The Labute approximate surface area is 191 Å². The Morgan fingerprint density at radius 3 is 2.00 bits per heavy atom. The molecule has 0 aliphatic rings. The van der Waals surface area contributed by atoms with Gasteiger partial charge in [-0.3, -0.25) is 29.0 Å². The fourth-order valence-electron chi connectivity index (χ4n) is 2.59. The predicted molar refractivity (Wildman–Crippen MR) is 119 cm³/mol. The van der Waals surface area contributed by atoms with Gasteiger partial charge < -0.3 is 49.3 Å². The van der Waals surface area contributed by atoms with E-state index in [1.807, 2.05) is 0 Å². The molecule has 188 valence electrons. The molecule has 0 aromatic carbocycles. The first kappa shape index (κ1) is 29.5. The summed E-state index contributed by atoms with van der Waals surface area (Å²) >= 11 is 0. The van der Waals surface area contributed by atoms with Crippen LogP contribution >= 0.6 is 0 Å². The van der Waals surface area contributed by atoms with E-state index in [0.29, 0.717) is 25.8 Å². The second kappa shape index (κ2) is 17.1. The molecule has 0 unspecified atom stereocenters. The second-order valence-electron chi connectivity index (χ2n) is 7.01. The Morgan fingerprint density at radius 2 is 1.42 bits per heavy atom. The summed E-state index contributed by atoms with van der Waals surface area (Å²) < 4.78 is 0. The van der Waals surface area contributed by atoms with Gasteiger partial charge in [0.1, 0.15) is 18.6 Å². The average Bonchev–Trinajstić information content (AvgIpc) is 2.76. The highest BCUT2D eigenvalue weighted by molar-refractivity contribution is 5.93. The third-order valence-corrected chi connectivity index (χ3v) is 4.22. The topological polar surface area (TPSA) is 270 Å². The number of carbonyl (C=O) groups excluding carboxylic acids is 4. The highest BCUT2D eigenvalue weighted by atomic mass is 16.4. The fourth-order valence-corrected chi connectivity index (χ4v) is 2.59. The van der Waals surface area contributed by atoms with Crippen LogP contribution in [0, 0.1) is 0 Å². The minimum Gasteiger partial charge on any atom is -0.480 e. The lowest BCUT2D eigenvalue weighted by Crippen LogP contribution is -2.55. The van der Waals surface area contributed by atoms with Crippen LogP contribution in [-0.2, 0) is 24.0 Å². The molecule has 4 amide bonds. The monoisotopic (exact) mass is 473 g/mol. The van der Waals surface area contributed by atoms with Crippen LogP contribution in [0.1, 0.15) is 32.1 Å². The van der Waals surface area contributed by atoms with Gasteiger partial charge in [-0.15, -0.1) is 0 Å². The van der Waals surface area contributed by atoms with E-state index in [1.54, 1.807) is 0 Å². The molecule has 2 atom stereocenters. The first-order chi connectivity index (χ1) is 15.6. The lowest BCUT2D eigenvalue weighted by molar-refractivity contribution is -0.138. The standard InChI is InChI=1S/C18H35N9O6/c19-6-2-1-4-11(16(32)25-9-14(29)24-10-15(30)31)27-17(33)12(26-13(28)8-20)5-3-7-23-18(21)22/h11-12H,1-10,19-20H2,(H,24,29)(H,25,32)(H,26,28)(H,27,33)(H,30,31)(H4,21,22,23)/t11-,12-/m0/s1. The number of guanidine groups is 1. The summed E-state index contributed by atoms with van der Waals surface area (Å²) in [6, 6.07) is -2.00. The molecule has 0 radical (unpaired) electrons. The molecule has 0 aromatic rings. The van der Waals surface area contributed by atoms with E-state index in [0.717, 1.165) is 0 Å². The van der Waals surface area contributed by atoms with Crippen molar-refractivity contribution in [1.29, 1.82) is 0 Å². The number of carboxylic acids is 1. The Hall–Kier alpha value is -3.46. The first-order valence-electron chi connectivity index (χ1n) is 10.4. The first-order valence-corrected chi connectivity index (χ1v) is 10.4. The van der Waals surface area contributed by atoms with Crippen molar-refractivity contribution in [3.63, 3.8) is 0 Å². The maximum absolute atomic E-state index is 12.8. The Morgan fingerprint density at radius 1 is 0.788 bits per heavy atom. The summed E-state index contributed by atoms with van der Waals surface area (Å²) in [4.78, 5) is 63.0. The number of nitrogens with zero attached hydrogens (tertiary/aromatic N) is 1. The van der Waals surface area contributed by atoms with E-state index < -0.39 is 54.8 Å². The van der Waals surface area contributed by atoms with Crippen molar-refractivity contribution in [3.8, 4) is 0 Å². The highest BCUT2D eigenvalue weighted by Crippen LogP contribution is 2.04. The van der Waals surface area contributed by atoms with Gasteiger partial charge in [0.2, 0.25) is 23.6 Å². The fraction of sp³-hybridized carbons (Fsp3) is 0.667. The summed E-state index contributed by atoms with van der Waals surface area (Å²) in [5.74, 6) is -3.86. The van der Waals surface area contributed by atoms with Gasteiger partial charge in [0.05, 0.1) is 13.1 Å². The maximum Gasteiger partial charge on any atom is 0.322 e. The van der Waals surface area contributed by atoms with Crippen molar-refractivity contribution >= 4 is 35.6 Å². The minimum atomic E-state index is -1.23. The molecular weight excluding hydrogens is 438 g/mol. The van der Waals surface area contributed by atoms with E-state index in [4.69, 9.17) is 28.0 Å². The van der Waals surface area contributed by atoms with Crippen molar-refractivity contribution in [2.45, 2.75) is 44.2 Å². The maximum atomic E-state index is 12.8. The molecule has 0 bridgehead atoms. The van der Waals surface area contributed by atoms with Crippen LogP contribution in [0.15, 0.2) is 4.99 Å². The van der Waals surface area contributed by atoms with Crippen LogP contribution in [0.4, 0.5) is 0 Å². The van der Waals surface area contributed by atoms with Gasteiger partial charge in [-0.05, 0) is 38.6 Å². The molecule has 0 aromatic heterocycles. The normalized spacial score (nSPS) is 12.1. The van der Waals surface area contributed by atoms with Gasteiger partial charge in [0.25, 0.3) is 0 Å². The number of hydrogen-bond donors (Lipinski definition) is 9. The van der Waals surface area contributed by atoms with Crippen LogP contribution in [-0.4, -0.2) is 85.5 Å². The second-order valence-corrected chi connectivity index (χ2v) is 7.01. The number of carboxylic acid groups (broad SMARTS) is 1. The van der Waals surface area contributed by atoms with E-state index in [1.165, 1.54) is 0 Å². The number of aliphatic carboxylic acids is 1. The number of nitrogens with one attached hydrogen (secondary N) is 4. The Bertz CT molecular complexity index is 697. The number of aliphatic imine (C=N–C) groups is 1. The summed E-state index contributed by atoms with van der Waals surface area (Å²) in [5, 5.41) is 18.1. The van der Waals surface area contributed by atoms with Crippen molar-refractivity contribution in [2.24, 2.45) is 27.9 Å². The molecule has 15 nitrogen and oxygen atoms in total. The number of rotatable bonds is 17. The lowest BCUT2D eigenvalue weighted by Gasteiger charge is -2.23. The van der Waals surface area contributed by atoms with E-state index in [9.17, 15) is 24.0 Å². The summed E-state index contributed by atoms with van der Waals surface area (Å²) in [6.45, 7) is -0.769. The van der Waals surface area contributed by atoms with Crippen LogP contribution in [0.25, 0.3) is 0 Å². The minimum absolute atomic E-state index is 0.106. The predicted octanol–water partition coefficient (Wildman–Crippen LogP) is -4.59. The summed E-state index contributed by atoms with van der Waals surface area (Å²) in [6.07, 6.45) is 1.91. The quantitative estimate of drug-likeness (QED) is 0.0554. The largest absolute Gasteiger partial charge is 0.480 e. The number of unbranched alkanes of at least 4 members (excludes halogenated alkanes) is 1. The zero-order chi connectivity index (χ0) is 25.2. The Kier molecular flexibility index (Phi) is 15.3. The third kappa shape index (κ3) is 15.1. The molecular formula is C18H35N9O6. The summed E-state index contributed by atoms with van der Waals surface area (Å²) in [5.41, 5.74) is 21.3. The molecule has 0 aliphatic heterocycles. The Balaban J connectivity index is 5.11. The molecule has 0 spiro atoms. The zero-order valence-electron chi connectivity index (χ0n) is 18.5. The van der Waals surface area contributed by atoms with Crippen molar-refractivity contribution in [3.05, 3.63) is 0 Å². The molecule has 0 rings (SSSR count). The van der Waals surface area contributed by atoms with E-state index in [2.05, 4.69) is 26.3 Å². The number of carbonyl (C=O) groups is 5. The van der Waals surface area contributed by atoms with Crippen LogP contribution in [0.2, 0.25) is 0 Å². The highest BCUT2D eigenvalue weighted by Gasteiger charge is 2.26. The molecule has 13 N–H and O–H groups in total. The van der Waals surface area contributed by atoms with Crippen LogP contribution in [0.5, 0.6) is 0 Å². The summed E-state index contributed by atoms with van der Waals surface area (Å²) in [7, 11) is 0. The number of hydrogen-bond acceptors (Lipinski definition) is 8. The molecule has 0 aliphatic carbocycles. The van der Waals surface area contributed by atoms with Gasteiger partial charge in [-0.1, -0.05) is 0 Å².